The molecular weight excluding hydrogens is 372 g/mol. The third-order valence-corrected chi connectivity index (χ3v) is 4.65. The van der Waals surface area contributed by atoms with Gasteiger partial charge in [0.15, 0.2) is 12.3 Å². The Labute approximate surface area is 167 Å². The Morgan fingerprint density at radius 3 is 2.52 bits per heavy atom. The molecule has 0 bridgehead atoms. The first-order valence-corrected chi connectivity index (χ1v) is 9.29. The van der Waals surface area contributed by atoms with Crippen LogP contribution >= 0.6 is 0 Å². The van der Waals surface area contributed by atoms with Crippen LogP contribution in [0.5, 0.6) is 5.75 Å². The highest BCUT2D eigenvalue weighted by Gasteiger charge is 2.15. The van der Waals surface area contributed by atoms with E-state index in [0.29, 0.717) is 22.4 Å². The van der Waals surface area contributed by atoms with Crippen LogP contribution < -0.4 is 21.1 Å². The van der Waals surface area contributed by atoms with Gasteiger partial charge in [0.2, 0.25) is 0 Å². The fraction of sp³-hybridized carbons (Fsp3) is 0.238. The molecule has 2 aromatic carbocycles. The molecule has 0 spiro atoms. The van der Waals surface area contributed by atoms with E-state index in [-0.39, 0.29) is 12.3 Å². The number of hydrogen-bond donors (Lipinski definition) is 3. The second-order valence-corrected chi connectivity index (χ2v) is 6.59. The van der Waals surface area contributed by atoms with Gasteiger partial charge in [-0.1, -0.05) is 50.2 Å². The summed E-state index contributed by atoms with van der Waals surface area (Å²) < 4.78 is 5.62. The lowest BCUT2D eigenvalue weighted by atomic mass is 9.98. The Bertz CT molecular complexity index is 1090. The third-order valence-electron chi connectivity index (χ3n) is 4.65. The molecule has 8 nitrogen and oxygen atoms in total. The van der Waals surface area contributed by atoms with Crippen molar-refractivity contribution >= 4 is 22.6 Å². The lowest BCUT2D eigenvalue weighted by Crippen LogP contribution is -2.44. The summed E-state index contributed by atoms with van der Waals surface area (Å²) in [6, 6.07) is 14.1. The van der Waals surface area contributed by atoms with Crippen molar-refractivity contribution in [1.29, 1.82) is 0 Å². The minimum atomic E-state index is -0.647. The van der Waals surface area contributed by atoms with Gasteiger partial charge in [0.25, 0.3) is 17.4 Å². The van der Waals surface area contributed by atoms with Crippen LogP contribution in [0.25, 0.3) is 10.8 Å². The van der Waals surface area contributed by atoms with Gasteiger partial charge in [-0.3, -0.25) is 25.2 Å². The summed E-state index contributed by atoms with van der Waals surface area (Å²) in [4.78, 5) is 36.3. The number of aromatic nitrogens is 2. The van der Waals surface area contributed by atoms with E-state index in [1.807, 2.05) is 24.3 Å². The zero-order valence-corrected chi connectivity index (χ0v) is 16.2. The van der Waals surface area contributed by atoms with Crippen molar-refractivity contribution < 1.29 is 14.3 Å². The van der Waals surface area contributed by atoms with Crippen LogP contribution in [0.15, 0.2) is 53.3 Å². The van der Waals surface area contributed by atoms with E-state index >= 15 is 0 Å². The standard InChI is InChI=1S/C21H22N4O4/c1-3-13(2)14-8-6-7-11-17(14)29-12-18(26)22-25-21(28)19-15-9-4-5-10-16(15)20(27)24-23-19/h4-11,13H,3,12H2,1-2H3,(H,22,26)(H,24,27)(H,25,28)/t13-/m1/s1. The van der Waals surface area contributed by atoms with Gasteiger partial charge < -0.3 is 4.74 Å². The summed E-state index contributed by atoms with van der Waals surface area (Å²) in [5.74, 6) is -0.234. The number of ether oxygens (including phenoxy) is 1. The number of amides is 2. The van der Waals surface area contributed by atoms with Crippen LogP contribution in [-0.4, -0.2) is 28.6 Å². The van der Waals surface area contributed by atoms with Gasteiger partial charge in [0.1, 0.15) is 5.75 Å². The summed E-state index contributed by atoms with van der Waals surface area (Å²) in [7, 11) is 0. The Kier molecular flexibility index (Phi) is 6.23. The zero-order valence-electron chi connectivity index (χ0n) is 16.2. The quantitative estimate of drug-likeness (QED) is 0.555. The molecule has 0 saturated heterocycles. The van der Waals surface area contributed by atoms with Crippen molar-refractivity contribution in [2.45, 2.75) is 26.2 Å². The molecule has 0 aliphatic carbocycles. The molecule has 0 unspecified atom stereocenters. The predicted octanol–water partition coefficient (Wildman–Crippen LogP) is 2.28. The number of nitrogens with one attached hydrogen (secondary N) is 3. The van der Waals surface area contributed by atoms with Gasteiger partial charge in [0.05, 0.1) is 5.39 Å². The monoisotopic (exact) mass is 394 g/mol. The number of carbonyl (C=O) groups is 2. The van der Waals surface area contributed by atoms with Crippen molar-refractivity contribution in [2.24, 2.45) is 0 Å². The third kappa shape index (κ3) is 4.60. The number of fused-ring (bicyclic) bond motifs is 1. The highest BCUT2D eigenvalue weighted by molar-refractivity contribution is 6.05. The highest BCUT2D eigenvalue weighted by atomic mass is 16.5. The minimum absolute atomic E-state index is 0.00327. The average Bonchev–Trinajstić information content (AvgIpc) is 2.76. The number of H-pyrrole nitrogens is 1. The second kappa shape index (κ2) is 9.01. The maximum absolute atomic E-state index is 12.4. The number of rotatable bonds is 6. The topological polar surface area (TPSA) is 113 Å². The zero-order chi connectivity index (χ0) is 20.8. The minimum Gasteiger partial charge on any atom is -0.483 e. The summed E-state index contributed by atoms with van der Waals surface area (Å²) in [6.45, 7) is 3.91. The second-order valence-electron chi connectivity index (χ2n) is 6.59. The van der Waals surface area contributed by atoms with Gasteiger partial charge in [-0.25, -0.2) is 5.10 Å². The molecule has 3 N–H and O–H groups in total. The average molecular weight is 394 g/mol. The number of hydrogen-bond acceptors (Lipinski definition) is 5. The van der Waals surface area contributed by atoms with Gasteiger partial charge in [-0.05, 0) is 30.0 Å². The van der Waals surface area contributed by atoms with Crippen LogP contribution in [0, 0.1) is 0 Å². The Morgan fingerprint density at radius 1 is 1.07 bits per heavy atom. The molecule has 1 heterocycles. The number of nitrogens with zero attached hydrogens (tertiary/aromatic N) is 1. The molecule has 1 atom stereocenters. The van der Waals surface area contributed by atoms with E-state index in [9.17, 15) is 14.4 Å². The summed E-state index contributed by atoms with van der Waals surface area (Å²) in [5.41, 5.74) is 5.22. The Hall–Kier alpha value is -3.68. The molecule has 0 fully saturated rings. The maximum Gasteiger partial charge on any atom is 0.290 e. The maximum atomic E-state index is 12.4. The highest BCUT2D eigenvalue weighted by Crippen LogP contribution is 2.28. The summed E-state index contributed by atoms with van der Waals surface area (Å²) in [5, 5.41) is 6.79. The number of hydrazine groups is 1. The molecular formula is C21H22N4O4. The largest absolute Gasteiger partial charge is 0.483 e. The van der Waals surface area contributed by atoms with Gasteiger partial charge in [-0.2, -0.15) is 5.10 Å². The molecule has 3 rings (SSSR count). The van der Waals surface area contributed by atoms with E-state index in [0.717, 1.165) is 12.0 Å². The van der Waals surface area contributed by atoms with Crippen LogP contribution in [0.4, 0.5) is 0 Å². The van der Waals surface area contributed by atoms with Crippen LogP contribution in [0.3, 0.4) is 0 Å². The van der Waals surface area contributed by atoms with Crippen molar-refractivity contribution in [2.75, 3.05) is 6.61 Å². The first kappa shape index (κ1) is 20.1. The van der Waals surface area contributed by atoms with Crippen molar-refractivity contribution in [3.63, 3.8) is 0 Å². The fourth-order valence-electron chi connectivity index (χ4n) is 2.89. The molecule has 0 radical (unpaired) electrons. The Balaban J connectivity index is 1.62. The molecule has 0 aliphatic rings. The van der Waals surface area contributed by atoms with Gasteiger partial charge >= 0.3 is 0 Å². The number of aromatic amines is 1. The molecule has 1 aromatic heterocycles. The molecule has 0 aliphatic heterocycles. The fourth-order valence-corrected chi connectivity index (χ4v) is 2.89. The van der Waals surface area contributed by atoms with E-state index in [1.54, 1.807) is 24.3 Å². The van der Waals surface area contributed by atoms with E-state index in [2.05, 4.69) is 34.9 Å². The number of para-hydroxylation sites is 1. The molecule has 8 heteroatoms. The van der Waals surface area contributed by atoms with Crippen LogP contribution in [-0.2, 0) is 4.79 Å². The SMILES string of the molecule is CC[C@@H](C)c1ccccc1OCC(=O)NNC(=O)c1n[nH]c(=O)c2ccccc12. The molecule has 2 amide bonds. The van der Waals surface area contributed by atoms with Crippen molar-refractivity contribution in [3.8, 4) is 5.75 Å². The van der Waals surface area contributed by atoms with Gasteiger partial charge in [0, 0.05) is 5.39 Å². The van der Waals surface area contributed by atoms with Gasteiger partial charge in [-0.15, -0.1) is 0 Å². The normalized spacial score (nSPS) is 11.7. The van der Waals surface area contributed by atoms with E-state index in [1.165, 1.54) is 0 Å². The van der Waals surface area contributed by atoms with E-state index < -0.39 is 17.4 Å². The smallest absolute Gasteiger partial charge is 0.290 e. The Morgan fingerprint density at radius 2 is 1.76 bits per heavy atom. The number of carbonyl (C=O) groups excluding carboxylic acids is 2. The molecule has 29 heavy (non-hydrogen) atoms. The van der Waals surface area contributed by atoms with Crippen molar-refractivity contribution in [3.05, 3.63) is 70.1 Å². The first-order chi connectivity index (χ1) is 14.0. The molecule has 3 aromatic rings. The predicted molar refractivity (Wildman–Crippen MR) is 109 cm³/mol. The lowest BCUT2D eigenvalue weighted by Gasteiger charge is -2.15. The molecule has 150 valence electrons. The van der Waals surface area contributed by atoms with Crippen LogP contribution in [0.2, 0.25) is 0 Å². The van der Waals surface area contributed by atoms with Crippen LogP contribution in [0.1, 0.15) is 42.2 Å². The first-order valence-electron chi connectivity index (χ1n) is 9.29. The molecule has 0 saturated carbocycles. The summed E-state index contributed by atoms with van der Waals surface area (Å²) in [6.07, 6.45) is 0.947. The van der Waals surface area contributed by atoms with E-state index in [4.69, 9.17) is 4.74 Å². The summed E-state index contributed by atoms with van der Waals surface area (Å²) >= 11 is 0. The van der Waals surface area contributed by atoms with Crippen molar-refractivity contribution in [1.82, 2.24) is 21.0 Å². The number of benzene rings is 2. The lowest BCUT2D eigenvalue weighted by molar-refractivity contribution is -0.123.